The molecule has 21 heteroatoms. The summed E-state index contributed by atoms with van der Waals surface area (Å²) in [5, 5.41) is 2.95. The minimum absolute atomic E-state index is 0.0275. The van der Waals surface area contributed by atoms with Gasteiger partial charge in [-0.3, -0.25) is 19.2 Å². The summed E-state index contributed by atoms with van der Waals surface area (Å²) in [6.45, 7) is 1.93. The van der Waals surface area contributed by atoms with Crippen molar-refractivity contribution in [3.8, 4) is 17.1 Å². The van der Waals surface area contributed by atoms with Gasteiger partial charge in [-0.15, -0.1) is 5.06 Å². The third-order valence-corrected chi connectivity index (χ3v) is 13.9. The Balaban J connectivity index is 0.952. The standard InChI is InChI=1S/C50H68BF2N7O10S/c1-35-31-39(57-43(35)33-44-38(13-11-29-60(4,5)6)32-45(58(44)51(57,52)53)41-24-17-36(2)54-41)21-18-37-19-22-40(23-20-37)69-30-12-15-47(62)55-42(34-71(66,67)68)46(61)14-10-28-56(3)27-9-7-8-16-50(65)70-59-48(63)25-26-49(59)64/h17-24,31-32,42-43,54H,7-16,25-30,33-34H2,1-6H3,(H-,55,62,66,67,68)/p+1/b21-18+. The predicted molar refractivity (Wildman–Crippen MR) is 263 cm³/mol. The van der Waals surface area contributed by atoms with Gasteiger partial charge in [-0.05, 0) is 105 Å². The first-order valence-electron chi connectivity index (χ1n) is 24.6. The van der Waals surface area contributed by atoms with Crippen LogP contribution in [0.4, 0.5) is 8.63 Å². The van der Waals surface area contributed by atoms with Gasteiger partial charge in [0.25, 0.3) is 11.8 Å². The molecule has 0 aliphatic carbocycles. The van der Waals surface area contributed by atoms with Crippen LogP contribution in [-0.2, 0) is 51.8 Å². The quantitative estimate of drug-likeness (QED) is 0.0330. The molecule has 3 aromatic rings. The maximum absolute atomic E-state index is 17.1. The number of allylic oxidation sites excluding steroid dienone is 2. The van der Waals surface area contributed by atoms with Gasteiger partial charge in [-0.1, -0.05) is 12.1 Å². The second-order valence-electron chi connectivity index (χ2n) is 20.2. The van der Waals surface area contributed by atoms with E-state index in [9.17, 15) is 36.9 Å². The third-order valence-electron chi connectivity index (χ3n) is 13.1. The Labute approximate surface area is 415 Å². The fraction of sp³-hybridized carbons (Fsp3) is 0.520. The van der Waals surface area contributed by atoms with E-state index >= 15 is 8.63 Å². The molecule has 1 aromatic carbocycles. The van der Waals surface area contributed by atoms with Gasteiger partial charge in [-0.25, -0.2) is 13.2 Å². The van der Waals surface area contributed by atoms with E-state index in [1.807, 2.05) is 45.2 Å². The molecule has 0 bridgehead atoms. The third kappa shape index (κ3) is 15.1. The lowest BCUT2D eigenvalue weighted by atomic mass is 9.84. The summed E-state index contributed by atoms with van der Waals surface area (Å²) in [4.78, 5) is 70.2. The number of amides is 3. The van der Waals surface area contributed by atoms with E-state index in [4.69, 9.17) is 9.57 Å². The number of benzene rings is 1. The van der Waals surface area contributed by atoms with Crippen LogP contribution in [-0.4, -0.2) is 151 Å². The fourth-order valence-corrected chi connectivity index (χ4v) is 10.1. The zero-order valence-corrected chi connectivity index (χ0v) is 42.6. The summed E-state index contributed by atoms with van der Waals surface area (Å²) in [6, 6.07) is 10.8. The van der Waals surface area contributed by atoms with Crippen molar-refractivity contribution >= 4 is 58.3 Å². The topological polar surface area (TPSA) is 204 Å². The molecule has 3 aliphatic heterocycles. The van der Waals surface area contributed by atoms with Crippen molar-refractivity contribution in [1.82, 2.24) is 19.8 Å². The number of fused-ring (bicyclic) bond motifs is 2. The van der Waals surface area contributed by atoms with Crippen LogP contribution in [0, 0.1) is 6.92 Å². The number of nitrogens with zero attached hydrogens (tertiary/aromatic N) is 4. The zero-order valence-electron chi connectivity index (χ0n) is 41.8. The average molecular weight is 1010 g/mol. The van der Waals surface area contributed by atoms with Crippen LogP contribution in [0.3, 0.4) is 0 Å². The number of aryl methyl sites for hydroxylation is 2. The summed E-state index contributed by atoms with van der Waals surface area (Å²) in [5.74, 6) is -3.42. The first-order valence-corrected chi connectivity index (χ1v) is 26.2. The molecular weight excluding hydrogens is 939 g/mol. The van der Waals surface area contributed by atoms with Crippen molar-refractivity contribution in [3.05, 3.63) is 82.7 Å². The molecule has 3 amide bonds. The SMILES string of the molecule is CC1=CC(/C=C/c2ccc(OCCCC(=O)NC(CS(=O)(=O)[O-])C(=O)CCC[NH+](C)CCCCCC(=O)ON3C(=O)CCC3=O)cc2)=[N+]2C1Cc1c(CCC[N+](C)(C)C)cc(-c3ccc(C)[nH]3)n1[B-]2(F)F. The van der Waals surface area contributed by atoms with Crippen molar-refractivity contribution in [3.63, 3.8) is 0 Å². The van der Waals surface area contributed by atoms with E-state index in [1.165, 1.54) is 8.96 Å². The minimum Gasteiger partial charge on any atom is -0.748 e. The lowest BCUT2D eigenvalue weighted by Gasteiger charge is -2.36. The number of unbranched alkanes of at least 4 members (excludes halogenated alkanes) is 2. The van der Waals surface area contributed by atoms with Crippen molar-refractivity contribution in [1.29, 1.82) is 0 Å². The first-order chi connectivity index (χ1) is 33.5. The molecule has 17 nitrogen and oxygen atoms in total. The minimum atomic E-state index is -4.84. The van der Waals surface area contributed by atoms with Crippen LogP contribution in [0.5, 0.6) is 5.75 Å². The molecule has 3 unspecified atom stereocenters. The number of nitrogens with one attached hydrogen (secondary N) is 3. The molecule has 3 aliphatic rings. The summed E-state index contributed by atoms with van der Waals surface area (Å²) in [7, 11) is 3.48. The number of H-pyrrole nitrogens is 1. The average Bonchev–Trinajstić information content (AvgIpc) is 4.05. The molecule has 2 aromatic heterocycles. The first kappa shape index (κ1) is 54.6. The van der Waals surface area contributed by atoms with Gasteiger partial charge in [0, 0.05) is 74.9 Å². The molecule has 6 rings (SSSR count). The summed E-state index contributed by atoms with van der Waals surface area (Å²) < 4.78 is 78.3. The maximum Gasteiger partial charge on any atom is 0.732 e. The number of ether oxygens (including phenoxy) is 1. The molecular formula is C50H69BF2N7O10S+. The van der Waals surface area contributed by atoms with E-state index in [0.717, 1.165) is 57.7 Å². The van der Waals surface area contributed by atoms with Gasteiger partial charge in [0.05, 0.1) is 76.0 Å². The molecule has 0 spiro atoms. The number of carbonyl (C=O) groups excluding carboxylic acids is 5. The predicted octanol–water partition coefficient (Wildman–Crippen LogP) is 3.93. The number of imide groups is 1. The summed E-state index contributed by atoms with van der Waals surface area (Å²) in [6.07, 6.45) is 9.96. The Bertz CT molecular complexity index is 2640. The lowest BCUT2D eigenvalue weighted by molar-refractivity contribution is -0.880. The molecule has 386 valence electrons. The molecule has 0 saturated carbocycles. The molecule has 1 saturated heterocycles. The van der Waals surface area contributed by atoms with E-state index in [2.05, 4.69) is 31.4 Å². The van der Waals surface area contributed by atoms with Gasteiger partial charge in [0.15, 0.2) is 11.5 Å². The molecule has 0 radical (unpaired) electrons. The Morgan fingerprint density at radius 1 is 0.958 bits per heavy atom. The second kappa shape index (κ2) is 23.6. The largest absolute Gasteiger partial charge is 0.748 e. The van der Waals surface area contributed by atoms with Crippen LogP contribution in [0.1, 0.15) is 100 Å². The van der Waals surface area contributed by atoms with Crippen molar-refractivity contribution in [2.24, 2.45) is 0 Å². The summed E-state index contributed by atoms with van der Waals surface area (Å²) >= 11 is 0. The normalized spacial score (nSPS) is 17.6. The number of carbonyl (C=O) groups is 5. The summed E-state index contributed by atoms with van der Waals surface area (Å²) in [5.41, 5.74) is 5.78. The highest BCUT2D eigenvalue weighted by atomic mass is 32.2. The number of halogens is 2. The van der Waals surface area contributed by atoms with Crippen LogP contribution >= 0.6 is 0 Å². The van der Waals surface area contributed by atoms with Crippen LogP contribution < -0.4 is 15.0 Å². The van der Waals surface area contributed by atoms with Gasteiger partial charge in [0.2, 0.25) is 5.91 Å². The number of Topliss-reactive ketones (excluding diaryl/α,β-unsaturated/α-hetero) is 1. The Morgan fingerprint density at radius 2 is 1.66 bits per heavy atom. The zero-order chi connectivity index (χ0) is 51.7. The van der Waals surface area contributed by atoms with E-state index in [-0.39, 0.29) is 45.1 Å². The van der Waals surface area contributed by atoms with Crippen molar-refractivity contribution < 1.29 is 69.0 Å². The highest BCUT2D eigenvalue weighted by Gasteiger charge is 2.56. The van der Waals surface area contributed by atoms with Gasteiger partial charge in [0.1, 0.15) is 17.8 Å². The van der Waals surface area contributed by atoms with Gasteiger partial charge in [-0.2, -0.15) is 0 Å². The van der Waals surface area contributed by atoms with Crippen molar-refractivity contribution in [2.45, 2.75) is 109 Å². The highest BCUT2D eigenvalue weighted by molar-refractivity contribution is 7.85. The van der Waals surface area contributed by atoms with Crippen molar-refractivity contribution in [2.75, 3.05) is 60.2 Å². The number of rotatable bonds is 27. The molecule has 3 N–H and O–H groups in total. The molecule has 3 atom stereocenters. The Hall–Kier alpha value is -5.77. The number of hydrogen-bond acceptors (Lipinski definition) is 10. The molecule has 71 heavy (non-hydrogen) atoms. The molecule has 1 fully saturated rings. The number of quaternary nitrogens is 2. The number of hydroxylamine groups is 2. The lowest BCUT2D eigenvalue weighted by Crippen LogP contribution is -3.09. The number of ketones is 1. The van der Waals surface area contributed by atoms with E-state index < -0.39 is 64.4 Å². The number of aromatic amines is 1. The fourth-order valence-electron chi connectivity index (χ4n) is 9.43. The van der Waals surface area contributed by atoms with E-state index in [1.54, 1.807) is 36.4 Å². The van der Waals surface area contributed by atoms with E-state index in [0.29, 0.717) is 72.3 Å². The Kier molecular flexibility index (Phi) is 18.2. The second-order valence-corrected chi connectivity index (χ2v) is 21.6. The number of aromatic nitrogens is 2. The highest BCUT2D eigenvalue weighted by Crippen LogP contribution is 2.39. The van der Waals surface area contributed by atoms with Crippen LogP contribution in [0.15, 0.2) is 60.2 Å². The monoisotopic (exact) mass is 1010 g/mol. The molecule has 5 heterocycles. The smallest absolute Gasteiger partial charge is 0.732 e. The number of hydrogen-bond donors (Lipinski definition) is 3. The Morgan fingerprint density at radius 3 is 2.32 bits per heavy atom. The maximum atomic E-state index is 17.1. The van der Waals surface area contributed by atoms with Crippen LogP contribution in [0.25, 0.3) is 17.5 Å². The van der Waals surface area contributed by atoms with Gasteiger partial charge >= 0.3 is 12.9 Å². The van der Waals surface area contributed by atoms with Gasteiger partial charge < -0.3 is 51.4 Å². The van der Waals surface area contributed by atoms with Crippen LogP contribution in [0.2, 0.25) is 0 Å².